The van der Waals surface area contributed by atoms with Crippen molar-refractivity contribution in [1.29, 1.82) is 0 Å². The van der Waals surface area contributed by atoms with E-state index in [1.54, 1.807) is 0 Å². The minimum absolute atomic E-state index is 0.0439. The van der Waals surface area contributed by atoms with Gasteiger partial charge in [-0.05, 0) is 24.1 Å². The summed E-state index contributed by atoms with van der Waals surface area (Å²) >= 11 is 11.3. The van der Waals surface area contributed by atoms with Crippen LogP contribution in [0.3, 0.4) is 0 Å². The first-order valence-electron chi connectivity index (χ1n) is 5.84. The highest BCUT2D eigenvalue weighted by Crippen LogP contribution is 2.27. The van der Waals surface area contributed by atoms with Gasteiger partial charge in [0.25, 0.3) is 0 Å². The lowest BCUT2D eigenvalue weighted by atomic mass is 10.2. The van der Waals surface area contributed by atoms with Crippen molar-refractivity contribution in [3.05, 3.63) is 28.5 Å². The number of nitrogens with zero attached hydrogens (tertiary/aromatic N) is 1. The fraction of sp³-hybridized carbons (Fsp3) is 0.500. The largest absolute Gasteiger partial charge is 0.242 e. The third-order valence-corrected chi connectivity index (χ3v) is 5.30. The highest BCUT2D eigenvalue weighted by molar-refractivity contribution is 7.89. The summed E-state index contributed by atoms with van der Waals surface area (Å²) in [5.41, 5.74) is 0.269. The van der Waals surface area contributed by atoms with Gasteiger partial charge in [-0.2, -0.15) is 0 Å². The summed E-state index contributed by atoms with van der Waals surface area (Å²) in [5.74, 6) is -0.820. The molecule has 1 rings (SSSR count). The van der Waals surface area contributed by atoms with Crippen LogP contribution in [0.1, 0.15) is 25.3 Å². The molecule has 0 heterocycles. The second kappa shape index (κ2) is 6.88. The third kappa shape index (κ3) is 3.81. The van der Waals surface area contributed by atoms with Crippen LogP contribution in [0.5, 0.6) is 0 Å². The molecule has 0 amide bonds. The highest BCUT2D eigenvalue weighted by Gasteiger charge is 2.23. The molecule has 0 atom stereocenters. The lowest BCUT2D eigenvalue weighted by Gasteiger charge is -2.17. The van der Waals surface area contributed by atoms with Crippen molar-refractivity contribution in [3.63, 3.8) is 0 Å². The first-order valence-corrected chi connectivity index (χ1v) is 8.20. The molecule has 0 aliphatic heterocycles. The van der Waals surface area contributed by atoms with Gasteiger partial charge >= 0.3 is 0 Å². The van der Waals surface area contributed by atoms with E-state index in [0.717, 1.165) is 18.9 Å². The molecule has 0 radical (unpaired) electrons. The molecule has 0 aromatic heterocycles. The van der Waals surface area contributed by atoms with Crippen molar-refractivity contribution in [3.8, 4) is 0 Å². The van der Waals surface area contributed by atoms with Gasteiger partial charge in [0.1, 0.15) is 5.82 Å². The summed E-state index contributed by atoms with van der Waals surface area (Å²) in [6.07, 6.45) is 1.62. The van der Waals surface area contributed by atoms with E-state index in [2.05, 4.69) is 0 Å². The van der Waals surface area contributed by atoms with E-state index in [9.17, 15) is 12.8 Å². The van der Waals surface area contributed by atoms with E-state index in [1.807, 2.05) is 6.92 Å². The fourth-order valence-corrected chi connectivity index (χ4v) is 3.27. The van der Waals surface area contributed by atoms with Crippen LogP contribution in [0.4, 0.5) is 4.39 Å². The number of halogens is 3. The second-order valence-corrected chi connectivity index (χ2v) is 6.88. The Hall–Kier alpha value is -0.360. The third-order valence-electron chi connectivity index (χ3n) is 2.76. The Labute approximate surface area is 123 Å². The Morgan fingerprint density at radius 1 is 1.37 bits per heavy atom. The minimum atomic E-state index is -3.71. The van der Waals surface area contributed by atoms with Crippen LogP contribution < -0.4 is 0 Å². The molecule has 3 nitrogen and oxygen atoms in total. The zero-order valence-corrected chi connectivity index (χ0v) is 13.1. The van der Waals surface area contributed by atoms with Crippen molar-refractivity contribution in [2.45, 2.75) is 30.5 Å². The molecule has 19 heavy (non-hydrogen) atoms. The van der Waals surface area contributed by atoms with Gasteiger partial charge in [-0.1, -0.05) is 24.9 Å². The predicted molar refractivity (Wildman–Crippen MR) is 75.7 cm³/mol. The number of hydrogen-bond donors (Lipinski definition) is 0. The summed E-state index contributed by atoms with van der Waals surface area (Å²) in [7, 11) is -2.24. The molecule has 0 aliphatic rings. The Kier molecular flexibility index (Phi) is 6.05. The average molecular weight is 328 g/mol. The van der Waals surface area contributed by atoms with Crippen molar-refractivity contribution in [2.24, 2.45) is 0 Å². The normalized spacial score (nSPS) is 12.1. The molecule has 0 aliphatic carbocycles. The standard InChI is InChI=1S/C12H16Cl2FNO2S/c1-3-4-5-16(2)19(17,18)10-6-9(8-13)12(14)11(15)7-10/h6-7H,3-5,8H2,1-2H3. The molecule has 7 heteroatoms. The van der Waals surface area contributed by atoms with Crippen LogP contribution in [-0.2, 0) is 15.9 Å². The van der Waals surface area contributed by atoms with Gasteiger partial charge in [-0.3, -0.25) is 0 Å². The van der Waals surface area contributed by atoms with Gasteiger partial charge < -0.3 is 0 Å². The lowest BCUT2D eigenvalue weighted by molar-refractivity contribution is 0.458. The zero-order chi connectivity index (χ0) is 14.6. The molecule has 0 saturated carbocycles. The predicted octanol–water partition coefficient (Wildman–Crippen LogP) is 3.64. The van der Waals surface area contributed by atoms with Gasteiger partial charge in [0, 0.05) is 19.5 Å². The minimum Gasteiger partial charge on any atom is -0.207 e. The highest BCUT2D eigenvalue weighted by atomic mass is 35.5. The molecule has 0 saturated heterocycles. The lowest BCUT2D eigenvalue weighted by Crippen LogP contribution is -2.28. The van der Waals surface area contributed by atoms with E-state index in [-0.39, 0.29) is 21.4 Å². The van der Waals surface area contributed by atoms with Gasteiger partial charge in [0.2, 0.25) is 10.0 Å². The number of benzene rings is 1. The van der Waals surface area contributed by atoms with Crippen molar-refractivity contribution >= 4 is 33.2 Å². The summed E-state index contributed by atoms with van der Waals surface area (Å²) in [5, 5.41) is -0.134. The van der Waals surface area contributed by atoms with Crippen molar-refractivity contribution in [1.82, 2.24) is 4.31 Å². The topological polar surface area (TPSA) is 37.4 Å². The van der Waals surface area contributed by atoms with E-state index in [4.69, 9.17) is 23.2 Å². The fourth-order valence-electron chi connectivity index (χ4n) is 1.55. The molecule has 0 N–H and O–H groups in total. The van der Waals surface area contributed by atoms with Crippen LogP contribution in [0.15, 0.2) is 17.0 Å². The van der Waals surface area contributed by atoms with Crippen LogP contribution in [0.2, 0.25) is 5.02 Å². The van der Waals surface area contributed by atoms with Crippen LogP contribution >= 0.6 is 23.2 Å². The van der Waals surface area contributed by atoms with Crippen LogP contribution in [0, 0.1) is 5.82 Å². The summed E-state index contributed by atoms with van der Waals surface area (Å²) < 4.78 is 39.3. The molecule has 1 aromatic rings. The smallest absolute Gasteiger partial charge is 0.207 e. The summed E-state index contributed by atoms with van der Waals surface area (Å²) in [4.78, 5) is -0.122. The molecular formula is C12H16Cl2FNO2S. The van der Waals surface area contributed by atoms with E-state index in [0.29, 0.717) is 6.54 Å². The number of sulfonamides is 1. The van der Waals surface area contributed by atoms with Crippen molar-refractivity contribution in [2.75, 3.05) is 13.6 Å². The molecule has 0 spiro atoms. The number of rotatable bonds is 6. The summed E-state index contributed by atoms with van der Waals surface area (Å²) in [6, 6.07) is 2.24. The maximum absolute atomic E-state index is 13.6. The first kappa shape index (κ1) is 16.7. The van der Waals surface area contributed by atoms with Gasteiger partial charge in [-0.15, -0.1) is 11.6 Å². The summed E-state index contributed by atoms with van der Waals surface area (Å²) in [6.45, 7) is 2.35. The number of unbranched alkanes of at least 4 members (excludes halogenated alkanes) is 1. The molecule has 0 fully saturated rings. The van der Waals surface area contributed by atoms with Crippen LogP contribution in [-0.4, -0.2) is 26.3 Å². The van der Waals surface area contributed by atoms with Crippen LogP contribution in [0.25, 0.3) is 0 Å². The second-order valence-electron chi connectivity index (χ2n) is 4.19. The first-order chi connectivity index (χ1) is 8.84. The average Bonchev–Trinajstić information content (AvgIpc) is 2.38. The Bertz CT molecular complexity index is 549. The van der Waals surface area contributed by atoms with Crippen molar-refractivity contribution < 1.29 is 12.8 Å². The maximum Gasteiger partial charge on any atom is 0.242 e. The molecule has 1 aromatic carbocycles. The number of hydrogen-bond acceptors (Lipinski definition) is 2. The monoisotopic (exact) mass is 327 g/mol. The molecule has 0 bridgehead atoms. The van der Waals surface area contributed by atoms with E-state index in [1.165, 1.54) is 17.4 Å². The number of alkyl halides is 1. The molecule has 108 valence electrons. The van der Waals surface area contributed by atoms with E-state index >= 15 is 0 Å². The van der Waals surface area contributed by atoms with Gasteiger partial charge in [0.15, 0.2) is 0 Å². The SMILES string of the molecule is CCCCN(C)S(=O)(=O)c1cc(F)c(Cl)c(CCl)c1. The Morgan fingerprint density at radius 3 is 2.53 bits per heavy atom. The molecular weight excluding hydrogens is 312 g/mol. The van der Waals surface area contributed by atoms with Gasteiger partial charge in [-0.25, -0.2) is 17.1 Å². The quantitative estimate of drug-likeness (QED) is 0.748. The Balaban J connectivity index is 3.18. The van der Waals surface area contributed by atoms with Gasteiger partial charge in [0.05, 0.1) is 9.92 Å². The van der Waals surface area contributed by atoms with E-state index < -0.39 is 15.8 Å². The zero-order valence-electron chi connectivity index (χ0n) is 10.8. The molecule has 0 unspecified atom stereocenters. The Morgan fingerprint density at radius 2 is 2.00 bits per heavy atom. The maximum atomic E-state index is 13.6.